The monoisotopic (exact) mass is 316 g/mol. The van der Waals surface area contributed by atoms with Gasteiger partial charge in [0.2, 0.25) is 0 Å². The predicted octanol–water partition coefficient (Wildman–Crippen LogP) is 3.90. The molecule has 0 saturated carbocycles. The highest BCUT2D eigenvalue weighted by Crippen LogP contribution is 2.32. The highest BCUT2D eigenvalue weighted by molar-refractivity contribution is 6.07. The van der Waals surface area contributed by atoms with E-state index in [0.29, 0.717) is 11.3 Å². The molecular weight excluding hydrogens is 296 g/mol. The molecule has 2 aromatic rings. The Morgan fingerprint density at radius 1 is 1.18 bits per heavy atom. The average molecular weight is 317 g/mol. The van der Waals surface area contributed by atoms with Gasteiger partial charge in [0.05, 0.1) is 0 Å². The van der Waals surface area contributed by atoms with Gasteiger partial charge in [-0.25, -0.2) is 0 Å². The predicted molar refractivity (Wildman–Crippen MR) is 94.0 cm³/mol. The van der Waals surface area contributed by atoms with Crippen LogP contribution in [0.25, 0.3) is 0 Å². The molecule has 0 fully saturated rings. The number of amides is 1. The van der Waals surface area contributed by atoms with Crippen molar-refractivity contribution in [3.8, 4) is 0 Å². The Bertz CT molecular complexity index is 712. The van der Waals surface area contributed by atoms with E-state index >= 15 is 0 Å². The van der Waals surface area contributed by atoms with Crippen LogP contribution in [0, 0.1) is 13.8 Å². The maximum Gasteiger partial charge on any atom is 0.258 e. The number of nitrogens with zero attached hydrogens (tertiary/aromatic N) is 1. The van der Waals surface area contributed by atoms with Gasteiger partial charge in [-0.2, -0.15) is 0 Å². The van der Waals surface area contributed by atoms with Gasteiger partial charge in [-0.15, -0.1) is 12.4 Å². The van der Waals surface area contributed by atoms with Gasteiger partial charge < -0.3 is 10.6 Å². The van der Waals surface area contributed by atoms with Crippen molar-refractivity contribution in [3.05, 3.63) is 58.7 Å². The normalized spacial score (nSPS) is 13.3. The third kappa shape index (κ3) is 2.95. The zero-order chi connectivity index (χ0) is 15.0. The van der Waals surface area contributed by atoms with Crippen molar-refractivity contribution in [1.82, 2.24) is 0 Å². The Hall–Kier alpha value is -2.00. The first-order valence-corrected chi connectivity index (χ1v) is 7.34. The summed E-state index contributed by atoms with van der Waals surface area (Å²) in [7, 11) is 0. The van der Waals surface area contributed by atoms with Gasteiger partial charge in [-0.3, -0.25) is 4.79 Å². The van der Waals surface area contributed by atoms with Crippen molar-refractivity contribution in [3.63, 3.8) is 0 Å². The smallest absolute Gasteiger partial charge is 0.258 e. The summed E-state index contributed by atoms with van der Waals surface area (Å²) in [6, 6.07) is 11.5. The first-order valence-electron chi connectivity index (χ1n) is 7.34. The molecule has 3 rings (SSSR count). The summed E-state index contributed by atoms with van der Waals surface area (Å²) in [4.78, 5) is 14.7. The second-order valence-electron chi connectivity index (χ2n) is 5.77. The third-order valence-corrected chi connectivity index (χ3v) is 4.07. The lowest BCUT2D eigenvalue weighted by Gasteiger charge is -2.31. The van der Waals surface area contributed by atoms with Gasteiger partial charge >= 0.3 is 0 Å². The number of carbonyl (C=O) groups is 1. The Balaban J connectivity index is 0.00000176. The fourth-order valence-corrected chi connectivity index (χ4v) is 3.11. The first-order chi connectivity index (χ1) is 10.1. The quantitative estimate of drug-likeness (QED) is 0.811. The summed E-state index contributed by atoms with van der Waals surface area (Å²) >= 11 is 0. The average Bonchev–Trinajstić information content (AvgIpc) is 2.46. The van der Waals surface area contributed by atoms with Gasteiger partial charge in [0.25, 0.3) is 5.91 Å². The molecule has 0 atom stereocenters. The lowest BCUT2D eigenvalue weighted by Crippen LogP contribution is -2.35. The van der Waals surface area contributed by atoms with Crippen LogP contribution in [0.2, 0.25) is 0 Å². The minimum atomic E-state index is 0. The minimum absolute atomic E-state index is 0. The van der Waals surface area contributed by atoms with Crippen LogP contribution in [0.15, 0.2) is 36.4 Å². The van der Waals surface area contributed by atoms with E-state index in [1.54, 1.807) is 12.1 Å². The zero-order valence-electron chi connectivity index (χ0n) is 12.9. The summed E-state index contributed by atoms with van der Waals surface area (Å²) in [6.07, 6.45) is 2.05. The zero-order valence-corrected chi connectivity index (χ0v) is 13.7. The summed E-state index contributed by atoms with van der Waals surface area (Å²) in [5.41, 5.74) is 11.9. The Morgan fingerprint density at radius 2 is 1.95 bits per heavy atom. The lowest BCUT2D eigenvalue weighted by molar-refractivity contribution is 0.0985. The number of nitrogens with two attached hydrogens (primary N) is 1. The van der Waals surface area contributed by atoms with Crippen molar-refractivity contribution in [2.24, 2.45) is 0 Å². The van der Waals surface area contributed by atoms with Gasteiger partial charge in [0, 0.05) is 23.5 Å². The van der Waals surface area contributed by atoms with Crippen LogP contribution in [0.3, 0.4) is 0 Å². The molecule has 0 aliphatic carbocycles. The fourth-order valence-electron chi connectivity index (χ4n) is 3.11. The van der Waals surface area contributed by atoms with Crippen LogP contribution in [0.1, 0.15) is 33.5 Å². The van der Waals surface area contributed by atoms with E-state index in [4.69, 9.17) is 5.73 Å². The summed E-state index contributed by atoms with van der Waals surface area (Å²) < 4.78 is 0. The van der Waals surface area contributed by atoms with E-state index in [9.17, 15) is 4.79 Å². The fraction of sp³-hybridized carbons (Fsp3) is 0.278. The minimum Gasteiger partial charge on any atom is -0.399 e. The highest BCUT2D eigenvalue weighted by atomic mass is 35.5. The second kappa shape index (κ2) is 6.41. The SMILES string of the molecule is Cc1cc(C)c2c(c1)N(C(=O)c1cccc(N)c1)CCC2.Cl. The summed E-state index contributed by atoms with van der Waals surface area (Å²) in [5, 5.41) is 0. The number of rotatable bonds is 1. The van der Waals surface area contributed by atoms with Crippen LogP contribution in [-0.2, 0) is 6.42 Å². The molecule has 2 N–H and O–H groups in total. The van der Waals surface area contributed by atoms with E-state index in [-0.39, 0.29) is 18.3 Å². The Morgan fingerprint density at radius 3 is 2.68 bits per heavy atom. The van der Waals surface area contributed by atoms with Crippen LogP contribution in [0.4, 0.5) is 11.4 Å². The molecule has 116 valence electrons. The van der Waals surface area contributed by atoms with Crippen molar-refractivity contribution in [2.45, 2.75) is 26.7 Å². The number of aryl methyl sites for hydroxylation is 2. The largest absolute Gasteiger partial charge is 0.399 e. The van der Waals surface area contributed by atoms with Crippen LogP contribution < -0.4 is 10.6 Å². The van der Waals surface area contributed by atoms with E-state index in [1.165, 1.54) is 16.7 Å². The van der Waals surface area contributed by atoms with Crippen LogP contribution >= 0.6 is 12.4 Å². The molecule has 1 amide bonds. The van der Waals surface area contributed by atoms with Gasteiger partial charge in [0.15, 0.2) is 0 Å². The molecule has 1 aliphatic rings. The molecule has 0 spiro atoms. The molecule has 0 unspecified atom stereocenters. The van der Waals surface area contributed by atoms with Gasteiger partial charge in [-0.05, 0) is 67.6 Å². The van der Waals surface area contributed by atoms with Crippen LogP contribution in [-0.4, -0.2) is 12.5 Å². The second-order valence-corrected chi connectivity index (χ2v) is 5.77. The number of anilines is 2. The molecule has 0 aromatic heterocycles. The maximum atomic E-state index is 12.8. The lowest BCUT2D eigenvalue weighted by atomic mass is 9.94. The molecule has 22 heavy (non-hydrogen) atoms. The summed E-state index contributed by atoms with van der Waals surface area (Å²) in [5.74, 6) is 0.0354. The van der Waals surface area contributed by atoms with Crippen molar-refractivity contribution in [2.75, 3.05) is 17.2 Å². The molecule has 1 heterocycles. The topological polar surface area (TPSA) is 46.3 Å². The van der Waals surface area contributed by atoms with E-state index in [2.05, 4.69) is 26.0 Å². The molecule has 3 nitrogen and oxygen atoms in total. The third-order valence-electron chi connectivity index (χ3n) is 4.07. The highest BCUT2D eigenvalue weighted by Gasteiger charge is 2.24. The first kappa shape index (κ1) is 16.4. The van der Waals surface area contributed by atoms with Crippen molar-refractivity contribution in [1.29, 1.82) is 0 Å². The standard InChI is InChI=1S/C18H20N2O.ClH/c1-12-9-13(2)16-7-4-8-20(17(16)10-12)18(21)14-5-3-6-15(19)11-14;/h3,5-6,9-11H,4,7-8,19H2,1-2H3;1H. The maximum absolute atomic E-state index is 12.8. The molecular formula is C18H21ClN2O. The molecule has 0 bridgehead atoms. The number of nitrogen functional groups attached to an aromatic ring is 1. The van der Waals surface area contributed by atoms with E-state index in [1.807, 2.05) is 17.0 Å². The number of carbonyl (C=O) groups excluding carboxylic acids is 1. The molecule has 1 aliphatic heterocycles. The van der Waals surface area contributed by atoms with Crippen molar-refractivity contribution < 1.29 is 4.79 Å². The number of hydrogen-bond donors (Lipinski definition) is 1. The molecule has 2 aromatic carbocycles. The van der Waals surface area contributed by atoms with Crippen LogP contribution in [0.5, 0.6) is 0 Å². The number of hydrogen-bond acceptors (Lipinski definition) is 2. The number of fused-ring (bicyclic) bond motifs is 1. The Kier molecular flexibility index (Phi) is 4.77. The molecule has 0 radical (unpaired) electrons. The summed E-state index contributed by atoms with van der Waals surface area (Å²) in [6.45, 7) is 4.97. The van der Waals surface area contributed by atoms with Crippen molar-refractivity contribution >= 4 is 29.7 Å². The molecule has 4 heteroatoms. The van der Waals surface area contributed by atoms with E-state index < -0.39 is 0 Å². The number of benzene rings is 2. The number of halogens is 1. The van der Waals surface area contributed by atoms with Gasteiger partial charge in [0.1, 0.15) is 0 Å². The van der Waals surface area contributed by atoms with E-state index in [0.717, 1.165) is 25.1 Å². The van der Waals surface area contributed by atoms with Gasteiger partial charge in [-0.1, -0.05) is 12.1 Å². The Labute approximate surface area is 137 Å². The molecule has 0 saturated heterocycles.